The number of carbonyl (C=O) groups is 3. The third kappa shape index (κ3) is 8.85. The van der Waals surface area contributed by atoms with E-state index in [0.29, 0.717) is 22.5 Å². The molecule has 1 atom stereocenters. The predicted molar refractivity (Wildman–Crippen MR) is 157 cm³/mol. The van der Waals surface area contributed by atoms with Crippen LogP contribution in [-0.2, 0) is 16.0 Å². The van der Waals surface area contributed by atoms with Gasteiger partial charge in [-0.3, -0.25) is 5.32 Å². The number of nitrogens with one attached hydrogen (secondary N) is 2. The van der Waals surface area contributed by atoms with Gasteiger partial charge in [0.1, 0.15) is 17.4 Å². The van der Waals surface area contributed by atoms with Crippen molar-refractivity contribution >= 4 is 40.7 Å². The molecule has 5 N–H and O–H groups in total. The van der Waals surface area contributed by atoms with Crippen LogP contribution < -0.4 is 26.7 Å². The van der Waals surface area contributed by atoms with E-state index in [0.717, 1.165) is 31.5 Å². The maximum Gasteiger partial charge on any atom is 0.412 e. The van der Waals surface area contributed by atoms with Crippen LogP contribution in [0.15, 0.2) is 45.6 Å². The van der Waals surface area contributed by atoms with Crippen molar-refractivity contribution in [1.29, 1.82) is 0 Å². The van der Waals surface area contributed by atoms with Gasteiger partial charge in [0.15, 0.2) is 0 Å². The van der Waals surface area contributed by atoms with Gasteiger partial charge in [-0.25, -0.2) is 19.2 Å². The maximum atomic E-state index is 12.7. The van der Waals surface area contributed by atoms with Crippen LogP contribution in [0.2, 0.25) is 0 Å². The van der Waals surface area contributed by atoms with Crippen molar-refractivity contribution in [3.63, 3.8) is 0 Å². The minimum Gasteiger partial charge on any atom is -0.497 e. The number of fused-ring (bicyclic) bond motifs is 1. The third-order valence-electron chi connectivity index (χ3n) is 6.31. The molecule has 4 rings (SSSR count). The first kappa shape index (κ1) is 31.7. The summed E-state index contributed by atoms with van der Waals surface area (Å²) in [5, 5.41) is 15.1. The summed E-state index contributed by atoms with van der Waals surface area (Å²) in [7, 11) is 1.54. The van der Waals surface area contributed by atoms with E-state index >= 15 is 0 Å². The largest absolute Gasteiger partial charge is 0.497 e. The number of ether oxygens (including phenoxy) is 2. The molecule has 1 fully saturated rings. The van der Waals surface area contributed by atoms with Crippen LogP contribution in [-0.4, -0.2) is 64.9 Å². The number of carboxylic acids is 1. The molecule has 13 heteroatoms. The Bertz CT molecular complexity index is 1470. The normalized spacial score (nSPS) is 13.5. The van der Waals surface area contributed by atoms with Crippen LogP contribution in [0, 0.1) is 6.92 Å². The topological polar surface area (TPSA) is 186 Å². The summed E-state index contributed by atoms with van der Waals surface area (Å²) >= 11 is 0. The molecule has 2 aromatic carbocycles. The molecule has 42 heavy (non-hydrogen) atoms. The number of benzene rings is 2. The van der Waals surface area contributed by atoms with Gasteiger partial charge in [-0.1, -0.05) is 12.1 Å². The van der Waals surface area contributed by atoms with E-state index in [4.69, 9.17) is 19.6 Å². The third-order valence-corrected chi connectivity index (χ3v) is 6.31. The van der Waals surface area contributed by atoms with Crippen molar-refractivity contribution in [2.45, 2.75) is 58.6 Å². The summed E-state index contributed by atoms with van der Waals surface area (Å²) in [6.45, 7) is 8.58. The molecule has 226 valence electrons. The van der Waals surface area contributed by atoms with Crippen LogP contribution in [0.3, 0.4) is 0 Å². The lowest BCUT2D eigenvalue weighted by Crippen LogP contribution is -2.32. The fourth-order valence-electron chi connectivity index (χ4n) is 4.21. The van der Waals surface area contributed by atoms with E-state index in [-0.39, 0.29) is 23.9 Å². The standard InChI is InChI=1S/C24H27N3O7.C5H10N2O/c1-13-16(27-23(31)34-24(2,3)4)10-11-17-19(13)21(30)33-22(25-17)26-18(20(28)29)12-14-6-8-15(32-5)9-7-14;6-5(8)7-3-1-2-4-7/h6-11,18H,12H2,1-5H3,(H,25,26)(H,27,31)(H,28,29);1-4H2,(H2,6,8)/t18-;/m0./s1. The molecule has 1 aliphatic rings. The van der Waals surface area contributed by atoms with Crippen LogP contribution in [0.25, 0.3) is 10.9 Å². The monoisotopic (exact) mass is 583 g/mol. The molecule has 0 spiro atoms. The Balaban J connectivity index is 0.000000521. The number of carbonyl (C=O) groups excluding carboxylic acids is 2. The molecule has 13 nitrogen and oxygen atoms in total. The molecule has 0 bridgehead atoms. The second kappa shape index (κ2) is 13.7. The number of methoxy groups -OCH3 is 1. The molecule has 0 saturated carbocycles. The van der Waals surface area contributed by atoms with Gasteiger partial charge in [0.05, 0.1) is 18.0 Å². The number of amides is 3. The minimum atomic E-state index is -1.13. The number of aryl methyl sites for hydroxylation is 1. The number of likely N-dealkylation sites (tertiary alicyclic amines) is 1. The van der Waals surface area contributed by atoms with Gasteiger partial charge in [0.2, 0.25) is 0 Å². The van der Waals surface area contributed by atoms with Gasteiger partial charge >= 0.3 is 23.7 Å². The second-order valence-electron chi connectivity index (χ2n) is 10.7. The van der Waals surface area contributed by atoms with E-state index in [9.17, 15) is 24.3 Å². The quantitative estimate of drug-likeness (QED) is 0.315. The van der Waals surface area contributed by atoms with Crippen molar-refractivity contribution in [1.82, 2.24) is 9.88 Å². The molecular formula is C29H37N5O8. The first-order chi connectivity index (χ1) is 19.8. The first-order valence-electron chi connectivity index (χ1n) is 13.4. The van der Waals surface area contributed by atoms with E-state index < -0.39 is 29.3 Å². The molecular weight excluding hydrogens is 546 g/mol. The van der Waals surface area contributed by atoms with Crippen molar-refractivity contribution < 1.29 is 33.4 Å². The SMILES string of the molecule is COc1ccc(C[C@H](Nc2nc3ccc(NC(=O)OC(C)(C)C)c(C)c3c(=O)o2)C(=O)O)cc1.NC(=O)N1CCCC1. The zero-order valence-corrected chi connectivity index (χ0v) is 24.4. The fraction of sp³-hybridized carbons (Fsp3) is 0.414. The van der Waals surface area contributed by atoms with Crippen molar-refractivity contribution in [3.8, 4) is 5.75 Å². The Morgan fingerprint density at radius 2 is 1.76 bits per heavy atom. The number of aliphatic carboxylic acids is 1. The van der Waals surface area contributed by atoms with Gasteiger partial charge in [-0.05, 0) is 75.9 Å². The van der Waals surface area contributed by atoms with Crippen molar-refractivity contribution in [2.24, 2.45) is 5.73 Å². The Kier molecular flexibility index (Phi) is 10.3. The summed E-state index contributed by atoms with van der Waals surface area (Å²) in [5.41, 5.74) is 5.45. The summed E-state index contributed by atoms with van der Waals surface area (Å²) in [4.78, 5) is 52.9. The van der Waals surface area contributed by atoms with Crippen LogP contribution in [0.4, 0.5) is 21.3 Å². The lowest BCUT2D eigenvalue weighted by atomic mass is 10.1. The Labute approximate surface area is 243 Å². The summed E-state index contributed by atoms with van der Waals surface area (Å²) in [6.07, 6.45) is 1.69. The lowest BCUT2D eigenvalue weighted by Gasteiger charge is -2.20. The summed E-state index contributed by atoms with van der Waals surface area (Å²) < 4.78 is 15.6. The van der Waals surface area contributed by atoms with Crippen molar-refractivity contribution in [2.75, 3.05) is 30.8 Å². The molecule has 0 radical (unpaired) electrons. The highest BCUT2D eigenvalue weighted by atomic mass is 16.6. The number of anilines is 2. The number of nitrogens with two attached hydrogens (primary N) is 1. The molecule has 1 aromatic heterocycles. The molecule has 3 amide bonds. The highest BCUT2D eigenvalue weighted by Gasteiger charge is 2.22. The number of aromatic nitrogens is 1. The number of urea groups is 1. The molecule has 1 saturated heterocycles. The number of hydrogen-bond acceptors (Lipinski definition) is 9. The average Bonchev–Trinajstić information content (AvgIpc) is 3.45. The van der Waals surface area contributed by atoms with Gasteiger partial charge in [0.25, 0.3) is 6.01 Å². The average molecular weight is 584 g/mol. The highest BCUT2D eigenvalue weighted by Crippen LogP contribution is 2.24. The van der Waals surface area contributed by atoms with E-state index in [1.165, 1.54) is 6.07 Å². The number of rotatable bonds is 7. The Morgan fingerprint density at radius 3 is 2.29 bits per heavy atom. The zero-order valence-electron chi connectivity index (χ0n) is 24.4. The van der Waals surface area contributed by atoms with E-state index in [1.54, 1.807) is 70.0 Å². The van der Waals surface area contributed by atoms with Crippen LogP contribution >= 0.6 is 0 Å². The molecule has 0 unspecified atom stereocenters. The van der Waals surface area contributed by atoms with Gasteiger partial charge in [0, 0.05) is 25.2 Å². The number of primary amides is 1. The van der Waals surface area contributed by atoms with E-state index in [1.807, 2.05) is 0 Å². The van der Waals surface area contributed by atoms with Gasteiger partial charge < -0.3 is 34.9 Å². The predicted octanol–water partition coefficient (Wildman–Crippen LogP) is 4.12. The highest BCUT2D eigenvalue weighted by molar-refractivity contribution is 5.93. The van der Waals surface area contributed by atoms with Crippen molar-refractivity contribution in [3.05, 3.63) is 57.9 Å². The first-order valence-corrected chi connectivity index (χ1v) is 13.4. The smallest absolute Gasteiger partial charge is 0.412 e. The molecule has 3 aromatic rings. The Hall–Kier alpha value is -4.81. The van der Waals surface area contributed by atoms with Crippen LogP contribution in [0.5, 0.6) is 5.75 Å². The Morgan fingerprint density at radius 1 is 1.12 bits per heavy atom. The van der Waals surface area contributed by atoms with E-state index in [2.05, 4.69) is 15.6 Å². The summed E-state index contributed by atoms with van der Waals surface area (Å²) in [5.74, 6) is -0.477. The number of nitrogens with zero attached hydrogens (tertiary/aromatic N) is 2. The minimum absolute atomic E-state index is 0.126. The van der Waals surface area contributed by atoms with Crippen LogP contribution in [0.1, 0.15) is 44.7 Å². The molecule has 0 aliphatic carbocycles. The lowest BCUT2D eigenvalue weighted by molar-refractivity contribution is -0.137. The van der Waals surface area contributed by atoms with Gasteiger partial charge in [-0.15, -0.1) is 0 Å². The summed E-state index contributed by atoms with van der Waals surface area (Å²) in [6, 6.07) is 8.51. The number of carboxylic acid groups (broad SMARTS) is 1. The maximum absolute atomic E-state index is 12.7. The zero-order chi connectivity index (χ0) is 31.0. The second-order valence-corrected chi connectivity index (χ2v) is 10.7. The fourth-order valence-corrected chi connectivity index (χ4v) is 4.21. The molecule has 1 aliphatic heterocycles. The number of hydrogen-bond donors (Lipinski definition) is 4. The van der Waals surface area contributed by atoms with Gasteiger partial charge in [-0.2, -0.15) is 4.98 Å². The molecule has 2 heterocycles.